The monoisotopic (exact) mass is 268 g/mol. The van der Waals surface area contributed by atoms with Gasteiger partial charge < -0.3 is 15.5 Å². The third kappa shape index (κ3) is 2.73. The molecule has 2 aliphatic rings. The van der Waals surface area contributed by atoms with E-state index in [1.54, 1.807) is 0 Å². The van der Waals surface area contributed by atoms with Crippen molar-refractivity contribution in [2.45, 2.75) is 12.5 Å². The van der Waals surface area contributed by atoms with Crippen molar-refractivity contribution in [1.29, 1.82) is 0 Å². The lowest BCUT2D eigenvalue weighted by Crippen LogP contribution is -2.53. The Labute approximate surface area is 110 Å². The SMILES string of the molecule is CN1C(=O)CC(NC(=O)C(=O)N2CCNCC2)C1=O. The standard InChI is InChI=1S/C11H16N4O4/c1-14-8(16)6-7(10(14)18)13-9(17)11(19)15-4-2-12-3-5-15/h7,12H,2-6H2,1H3,(H,13,17). The fraction of sp³-hybridized carbons (Fsp3) is 0.636. The molecular weight excluding hydrogens is 252 g/mol. The van der Waals surface area contributed by atoms with Crippen LogP contribution in [-0.4, -0.2) is 72.7 Å². The predicted molar refractivity (Wildman–Crippen MR) is 63.8 cm³/mol. The summed E-state index contributed by atoms with van der Waals surface area (Å²) in [5, 5.41) is 5.39. The first-order chi connectivity index (χ1) is 9.00. The van der Waals surface area contributed by atoms with E-state index in [4.69, 9.17) is 0 Å². The molecule has 2 fully saturated rings. The first-order valence-electron chi connectivity index (χ1n) is 6.11. The molecule has 8 heteroatoms. The first kappa shape index (κ1) is 13.5. The van der Waals surface area contributed by atoms with E-state index in [9.17, 15) is 19.2 Å². The van der Waals surface area contributed by atoms with Gasteiger partial charge in [0.1, 0.15) is 6.04 Å². The summed E-state index contributed by atoms with van der Waals surface area (Å²) < 4.78 is 0. The van der Waals surface area contributed by atoms with Crippen LogP contribution in [0.3, 0.4) is 0 Å². The normalized spacial score (nSPS) is 23.7. The second-order valence-corrected chi connectivity index (χ2v) is 4.56. The smallest absolute Gasteiger partial charge is 0.311 e. The highest BCUT2D eigenvalue weighted by atomic mass is 16.2. The Bertz CT molecular complexity index is 430. The third-order valence-electron chi connectivity index (χ3n) is 3.29. The maximum absolute atomic E-state index is 11.8. The molecule has 19 heavy (non-hydrogen) atoms. The van der Waals surface area contributed by atoms with E-state index in [1.807, 2.05) is 0 Å². The molecule has 1 atom stereocenters. The molecule has 0 spiro atoms. The molecule has 0 saturated carbocycles. The average molecular weight is 268 g/mol. The molecular formula is C11H16N4O4. The number of carbonyl (C=O) groups excluding carboxylic acids is 4. The first-order valence-corrected chi connectivity index (χ1v) is 6.11. The molecule has 104 valence electrons. The van der Waals surface area contributed by atoms with E-state index in [-0.39, 0.29) is 12.3 Å². The van der Waals surface area contributed by atoms with Crippen LogP contribution in [0.2, 0.25) is 0 Å². The average Bonchev–Trinajstić information content (AvgIpc) is 2.66. The molecule has 2 N–H and O–H groups in total. The molecule has 0 aromatic heterocycles. The van der Waals surface area contributed by atoms with E-state index in [0.717, 1.165) is 4.90 Å². The van der Waals surface area contributed by atoms with E-state index in [2.05, 4.69) is 10.6 Å². The molecule has 4 amide bonds. The Morgan fingerprint density at radius 1 is 1.26 bits per heavy atom. The van der Waals surface area contributed by atoms with E-state index in [0.29, 0.717) is 26.2 Å². The second-order valence-electron chi connectivity index (χ2n) is 4.56. The zero-order chi connectivity index (χ0) is 14.0. The van der Waals surface area contributed by atoms with Crippen LogP contribution in [-0.2, 0) is 19.2 Å². The van der Waals surface area contributed by atoms with E-state index >= 15 is 0 Å². The number of rotatable bonds is 1. The van der Waals surface area contributed by atoms with Crippen molar-refractivity contribution in [2.24, 2.45) is 0 Å². The van der Waals surface area contributed by atoms with Crippen LogP contribution < -0.4 is 10.6 Å². The van der Waals surface area contributed by atoms with Crippen molar-refractivity contribution >= 4 is 23.6 Å². The molecule has 0 aliphatic carbocycles. The lowest BCUT2D eigenvalue weighted by molar-refractivity contribution is -0.147. The Morgan fingerprint density at radius 2 is 1.89 bits per heavy atom. The number of hydrogen-bond donors (Lipinski definition) is 2. The van der Waals surface area contributed by atoms with Crippen LogP contribution in [0.1, 0.15) is 6.42 Å². The summed E-state index contributed by atoms with van der Waals surface area (Å²) in [4.78, 5) is 48.9. The summed E-state index contributed by atoms with van der Waals surface area (Å²) in [7, 11) is 1.36. The third-order valence-corrected chi connectivity index (χ3v) is 3.29. The second kappa shape index (κ2) is 5.35. The highest BCUT2D eigenvalue weighted by Gasteiger charge is 2.38. The van der Waals surface area contributed by atoms with E-state index < -0.39 is 23.8 Å². The number of amides is 4. The van der Waals surface area contributed by atoms with Crippen molar-refractivity contribution in [2.75, 3.05) is 33.2 Å². The molecule has 2 rings (SSSR count). The fourth-order valence-corrected chi connectivity index (χ4v) is 2.10. The summed E-state index contributed by atoms with van der Waals surface area (Å²) >= 11 is 0. The number of nitrogens with zero attached hydrogens (tertiary/aromatic N) is 2. The number of piperazine rings is 1. The van der Waals surface area contributed by atoms with Gasteiger partial charge >= 0.3 is 11.8 Å². The summed E-state index contributed by atoms with van der Waals surface area (Å²) in [5.41, 5.74) is 0. The number of imide groups is 1. The molecule has 0 bridgehead atoms. The quantitative estimate of drug-likeness (QED) is 0.398. The minimum absolute atomic E-state index is 0.0874. The molecule has 8 nitrogen and oxygen atoms in total. The van der Waals surface area contributed by atoms with Gasteiger partial charge in [0.15, 0.2) is 0 Å². The lowest BCUT2D eigenvalue weighted by Gasteiger charge is -2.27. The van der Waals surface area contributed by atoms with Crippen molar-refractivity contribution in [3.8, 4) is 0 Å². The number of likely N-dealkylation sites (N-methyl/N-ethyl adjacent to an activating group) is 1. The maximum Gasteiger partial charge on any atom is 0.311 e. The lowest BCUT2D eigenvalue weighted by atomic mass is 10.2. The van der Waals surface area contributed by atoms with Gasteiger partial charge in [-0.05, 0) is 0 Å². The van der Waals surface area contributed by atoms with Gasteiger partial charge in [-0.1, -0.05) is 0 Å². The zero-order valence-electron chi connectivity index (χ0n) is 10.6. The zero-order valence-corrected chi connectivity index (χ0v) is 10.6. The highest BCUT2D eigenvalue weighted by molar-refractivity contribution is 6.35. The summed E-state index contributed by atoms with van der Waals surface area (Å²) in [6.07, 6.45) is -0.0874. The fourth-order valence-electron chi connectivity index (χ4n) is 2.10. The van der Waals surface area contributed by atoms with Crippen LogP contribution in [0, 0.1) is 0 Å². The maximum atomic E-state index is 11.8. The minimum Gasteiger partial charge on any atom is -0.335 e. The van der Waals surface area contributed by atoms with E-state index in [1.165, 1.54) is 11.9 Å². The van der Waals surface area contributed by atoms with Crippen LogP contribution in [0.25, 0.3) is 0 Å². The summed E-state index contributed by atoms with van der Waals surface area (Å²) in [6.45, 7) is 2.21. The van der Waals surface area contributed by atoms with Gasteiger partial charge in [0.05, 0.1) is 6.42 Å². The highest BCUT2D eigenvalue weighted by Crippen LogP contribution is 2.10. The number of hydrogen-bond acceptors (Lipinski definition) is 5. The van der Waals surface area contributed by atoms with Gasteiger partial charge in [-0.25, -0.2) is 0 Å². The van der Waals surface area contributed by atoms with Gasteiger partial charge in [-0.3, -0.25) is 24.1 Å². The van der Waals surface area contributed by atoms with Crippen molar-refractivity contribution < 1.29 is 19.2 Å². The minimum atomic E-state index is -0.920. The largest absolute Gasteiger partial charge is 0.335 e. The molecule has 2 aliphatic heterocycles. The number of carbonyl (C=O) groups is 4. The van der Waals surface area contributed by atoms with Gasteiger partial charge in [-0.15, -0.1) is 0 Å². The molecule has 0 aromatic carbocycles. The topological polar surface area (TPSA) is 98.8 Å². The number of nitrogens with one attached hydrogen (secondary N) is 2. The summed E-state index contributed by atoms with van der Waals surface area (Å²) in [5.74, 6) is -2.32. The number of likely N-dealkylation sites (tertiary alicyclic amines) is 1. The Morgan fingerprint density at radius 3 is 2.42 bits per heavy atom. The van der Waals surface area contributed by atoms with Crippen LogP contribution in [0.15, 0.2) is 0 Å². The summed E-state index contributed by atoms with van der Waals surface area (Å²) in [6, 6.07) is -0.920. The Kier molecular flexibility index (Phi) is 3.79. The predicted octanol–water partition coefficient (Wildman–Crippen LogP) is -2.71. The van der Waals surface area contributed by atoms with Gasteiger partial charge in [0.25, 0.3) is 5.91 Å². The molecule has 0 radical (unpaired) electrons. The van der Waals surface area contributed by atoms with Crippen molar-refractivity contribution in [3.05, 3.63) is 0 Å². The van der Waals surface area contributed by atoms with Crippen LogP contribution in [0.5, 0.6) is 0 Å². The molecule has 2 heterocycles. The molecule has 1 unspecified atom stereocenters. The van der Waals surface area contributed by atoms with Crippen LogP contribution >= 0.6 is 0 Å². The van der Waals surface area contributed by atoms with Crippen LogP contribution in [0.4, 0.5) is 0 Å². The van der Waals surface area contributed by atoms with Gasteiger partial charge in [0, 0.05) is 33.2 Å². The van der Waals surface area contributed by atoms with Gasteiger partial charge in [-0.2, -0.15) is 0 Å². The van der Waals surface area contributed by atoms with Gasteiger partial charge in [0.2, 0.25) is 5.91 Å². The Hall–Kier alpha value is -1.96. The molecule has 2 saturated heterocycles. The Balaban J connectivity index is 1.92. The van der Waals surface area contributed by atoms with Crippen molar-refractivity contribution in [3.63, 3.8) is 0 Å². The van der Waals surface area contributed by atoms with Crippen molar-refractivity contribution in [1.82, 2.24) is 20.4 Å². The molecule has 0 aromatic rings.